The lowest BCUT2D eigenvalue weighted by atomic mass is 10.2. The van der Waals surface area contributed by atoms with Crippen LogP contribution in [0.5, 0.6) is 11.5 Å². The molecular weight excluding hydrogens is 142 g/mol. The van der Waals surface area contributed by atoms with Gasteiger partial charge in [-0.25, -0.2) is 0 Å². The van der Waals surface area contributed by atoms with E-state index >= 15 is 0 Å². The van der Waals surface area contributed by atoms with Crippen molar-refractivity contribution < 1.29 is 10.2 Å². The predicted molar refractivity (Wildman–Crippen MR) is 43.0 cm³/mol. The monoisotopic (exact) mass is 151 g/mol. The molecule has 0 aliphatic rings. The van der Waals surface area contributed by atoms with Crippen LogP contribution in [0.15, 0.2) is 24.4 Å². The van der Waals surface area contributed by atoms with Gasteiger partial charge in [0, 0.05) is 0 Å². The summed E-state index contributed by atoms with van der Waals surface area (Å²) in [5.41, 5.74) is 5.88. The van der Waals surface area contributed by atoms with Gasteiger partial charge in [0.2, 0.25) is 0 Å². The van der Waals surface area contributed by atoms with Crippen molar-refractivity contribution >= 4 is 6.08 Å². The van der Waals surface area contributed by atoms with E-state index < -0.39 is 0 Å². The fourth-order valence-corrected chi connectivity index (χ4v) is 0.755. The molecule has 0 fully saturated rings. The van der Waals surface area contributed by atoms with Gasteiger partial charge in [-0.15, -0.1) is 0 Å². The van der Waals surface area contributed by atoms with Crippen LogP contribution in [0.25, 0.3) is 6.08 Å². The van der Waals surface area contributed by atoms with E-state index in [0.717, 1.165) is 5.56 Å². The molecule has 0 saturated heterocycles. The first-order valence-corrected chi connectivity index (χ1v) is 3.14. The topological polar surface area (TPSA) is 66.5 Å². The lowest BCUT2D eigenvalue weighted by molar-refractivity contribution is 0.403. The highest BCUT2D eigenvalue weighted by Gasteiger charge is 1.96. The number of hydrogen-bond donors (Lipinski definition) is 3. The van der Waals surface area contributed by atoms with Gasteiger partial charge in [0.1, 0.15) is 0 Å². The van der Waals surface area contributed by atoms with Crippen LogP contribution in [0, 0.1) is 0 Å². The van der Waals surface area contributed by atoms with Gasteiger partial charge in [0.15, 0.2) is 11.5 Å². The third kappa shape index (κ3) is 1.64. The quantitative estimate of drug-likeness (QED) is 0.525. The van der Waals surface area contributed by atoms with Crippen LogP contribution < -0.4 is 5.73 Å². The Kier molecular flexibility index (Phi) is 2.01. The number of phenolic OH excluding ortho intramolecular Hbond substituents is 2. The molecule has 0 aliphatic carbocycles. The summed E-state index contributed by atoms with van der Waals surface area (Å²) in [7, 11) is 0. The third-order valence-corrected chi connectivity index (χ3v) is 1.29. The fourth-order valence-electron chi connectivity index (χ4n) is 0.755. The zero-order valence-electron chi connectivity index (χ0n) is 5.86. The van der Waals surface area contributed by atoms with E-state index in [9.17, 15) is 0 Å². The maximum Gasteiger partial charge on any atom is 0.157 e. The number of rotatable bonds is 1. The average molecular weight is 151 g/mol. The summed E-state index contributed by atoms with van der Waals surface area (Å²) < 4.78 is 0. The van der Waals surface area contributed by atoms with Crippen molar-refractivity contribution in [1.29, 1.82) is 0 Å². The van der Waals surface area contributed by atoms with E-state index in [-0.39, 0.29) is 11.5 Å². The van der Waals surface area contributed by atoms with Crippen LogP contribution in [0.4, 0.5) is 0 Å². The second kappa shape index (κ2) is 2.96. The van der Waals surface area contributed by atoms with Crippen molar-refractivity contribution in [3.8, 4) is 11.5 Å². The summed E-state index contributed by atoms with van der Waals surface area (Å²) in [5, 5.41) is 17.9. The Labute approximate surface area is 64.4 Å². The lowest BCUT2D eigenvalue weighted by Gasteiger charge is -1.97. The lowest BCUT2D eigenvalue weighted by Crippen LogP contribution is -1.77. The second-order valence-electron chi connectivity index (χ2n) is 2.11. The summed E-state index contributed by atoms with van der Waals surface area (Å²) in [4.78, 5) is 0. The molecule has 0 atom stereocenters. The molecule has 0 bridgehead atoms. The van der Waals surface area contributed by atoms with Crippen molar-refractivity contribution in [3.05, 3.63) is 30.0 Å². The molecule has 0 spiro atoms. The largest absolute Gasteiger partial charge is 0.504 e. The van der Waals surface area contributed by atoms with Gasteiger partial charge >= 0.3 is 0 Å². The standard InChI is InChI=1S/C8H9NO2/c9-4-3-6-1-2-7(10)8(11)5-6/h1-5,10-11H,9H2. The summed E-state index contributed by atoms with van der Waals surface area (Å²) >= 11 is 0. The van der Waals surface area contributed by atoms with Crippen LogP contribution in [0.1, 0.15) is 5.56 Å². The first-order chi connectivity index (χ1) is 5.24. The van der Waals surface area contributed by atoms with Gasteiger partial charge in [0.05, 0.1) is 0 Å². The Morgan fingerprint density at radius 1 is 1.18 bits per heavy atom. The van der Waals surface area contributed by atoms with E-state index in [1.807, 2.05) is 0 Å². The van der Waals surface area contributed by atoms with Crippen LogP contribution >= 0.6 is 0 Å². The first-order valence-electron chi connectivity index (χ1n) is 3.14. The average Bonchev–Trinajstić information content (AvgIpc) is 1.98. The van der Waals surface area contributed by atoms with Gasteiger partial charge in [0.25, 0.3) is 0 Å². The van der Waals surface area contributed by atoms with Crippen LogP contribution in [-0.4, -0.2) is 10.2 Å². The minimum absolute atomic E-state index is 0.126. The van der Waals surface area contributed by atoms with Crippen molar-refractivity contribution in [3.63, 3.8) is 0 Å². The molecule has 3 nitrogen and oxygen atoms in total. The molecule has 1 rings (SSSR count). The van der Waals surface area contributed by atoms with Crippen molar-refractivity contribution in [2.24, 2.45) is 5.73 Å². The molecule has 11 heavy (non-hydrogen) atoms. The molecule has 3 heteroatoms. The zero-order valence-corrected chi connectivity index (χ0v) is 5.86. The Balaban J connectivity index is 3.05. The Morgan fingerprint density at radius 3 is 2.45 bits per heavy atom. The van der Waals surface area contributed by atoms with Crippen LogP contribution in [-0.2, 0) is 0 Å². The molecule has 0 saturated carbocycles. The Morgan fingerprint density at radius 2 is 1.91 bits per heavy atom. The Hall–Kier alpha value is -1.64. The molecule has 1 aromatic carbocycles. The molecule has 58 valence electrons. The van der Waals surface area contributed by atoms with Gasteiger partial charge in [-0.05, 0) is 30.0 Å². The summed E-state index contributed by atoms with van der Waals surface area (Å²) in [6, 6.07) is 4.49. The molecule has 0 radical (unpaired) electrons. The van der Waals surface area contributed by atoms with E-state index in [0.29, 0.717) is 0 Å². The van der Waals surface area contributed by atoms with E-state index in [4.69, 9.17) is 15.9 Å². The highest BCUT2D eigenvalue weighted by Crippen LogP contribution is 2.24. The highest BCUT2D eigenvalue weighted by molar-refractivity contribution is 5.54. The maximum absolute atomic E-state index is 9.00. The second-order valence-corrected chi connectivity index (χ2v) is 2.11. The van der Waals surface area contributed by atoms with E-state index in [1.54, 1.807) is 12.1 Å². The van der Waals surface area contributed by atoms with Gasteiger partial charge in [-0.1, -0.05) is 6.07 Å². The normalized spacial score (nSPS) is 10.5. The zero-order chi connectivity index (χ0) is 8.27. The molecule has 0 unspecified atom stereocenters. The van der Waals surface area contributed by atoms with Crippen molar-refractivity contribution in [2.75, 3.05) is 0 Å². The van der Waals surface area contributed by atoms with E-state index in [1.165, 1.54) is 18.3 Å². The minimum Gasteiger partial charge on any atom is -0.504 e. The number of nitrogens with two attached hydrogens (primary N) is 1. The Bertz CT molecular complexity index is 281. The molecule has 0 amide bonds. The smallest absolute Gasteiger partial charge is 0.157 e. The third-order valence-electron chi connectivity index (χ3n) is 1.29. The molecule has 0 heterocycles. The molecule has 1 aromatic rings. The van der Waals surface area contributed by atoms with E-state index in [2.05, 4.69) is 0 Å². The van der Waals surface area contributed by atoms with Crippen molar-refractivity contribution in [2.45, 2.75) is 0 Å². The fraction of sp³-hybridized carbons (Fsp3) is 0. The number of phenols is 2. The SMILES string of the molecule is NC=Cc1ccc(O)c(O)c1. The molecule has 0 aromatic heterocycles. The molecule has 0 aliphatic heterocycles. The summed E-state index contributed by atoms with van der Waals surface area (Å²) in [6.07, 6.45) is 2.99. The molecular formula is C8H9NO2. The van der Waals surface area contributed by atoms with Crippen molar-refractivity contribution in [1.82, 2.24) is 0 Å². The minimum atomic E-state index is -0.138. The summed E-state index contributed by atoms with van der Waals surface area (Å²) in [5.74, 6) is -0.264. The number of benzene rings is 1. The first kappa shape index (κ1) is 7.47. The van der Waals surface area contributed by atoms with Crippen LogP contribution in [0.2, 0.25) is 0 Å². The molecule has 4 N–H and O–H groups in total. The van der Waals surface area contributed by atoms with Gasteiger partial charge in [-0.3, -0.25) is 0 Å². The summed E-state index contributed by atoms with van der Waals surface area (Å²) in [6.45, 7) is 0. The van der Waals surface area contributed by atoms with Gasteiger partial charge < -0.3 is 15.9 Å². The highest BCUT2D eigenvalue weighted by atomic mass is 16.3. The van der Waals surface area contributed by atoms with Gasteiger partial charge in [-0.2, -0.15) is 0 Å². The number of hydrogen-bond acceptors (Lipinski definition) is 3. The maximum atomic E-state index is 9.00. The number of aromatic hydroxyl groups is 2. The predicted octanol–water partition coefficient (Wildman–Crippen LogP) is 1.03. The van der Waals surface area contributed by atoms with Crippen LogP contribution in [0.3, 0.4) is 0 Å².